The first-order valence-electron chi connectivity index (χ1n) is 19.9. The summed E-state index contributed by atoms with van der Waals surface area (Å²) < 4.78 is 2.59. The van der Waals surface area contributed by atoms with Gasteiger partial charge in [0.05, 0.1) is 5.69 Å². The van der Waals surface area contributed by atoms with Crippen molar-refractivity contribution in [3.8, 4) is 0 Å². The van der Waals surface area contributed by atoms with Gasteiger partial charge in [0.2, 0.25) is 0 Å². The van der Waals surface area contributed by atoms with Crippen molar-refractivity contribution in [2.75, 3.05) is 0 Å². The summed E-state index contributed by atoms with van der Waals surface area (Å²) in [5.74, 6) is 0.539. The van der Waals surface area contributed by atoms with E-state index in [1.165, 1.54) is 67.1 Å². The zero-order valence-corrected chi connectivity index (χ0v) is 32.4. The zero-order valence-electron chi connectivity index (χ0n) is 32.4. The molecule has 272 valence electrons. The first-order valence-corrected chi connectivity index (χ1v) is 19.9. The van der Waals surface area contributed by atoms with Crippen molar-refractivity contribution in [3.63, 3.8) is 0 Å². The van der Waals surface area contributed by atoms with Gasteiger partial charge in [-0.2, -0.15) is 0 Å². The summed E-state index contributed by atoms with van der Waals surface area (Å²) in [5.41, 5.74) is 24.7. The lowest BCUT2D eigenvalue weighted by atomic mass is 9.85. The van der Waals surface area contributed by atoms with Gasteiger partial charge in [-0.15, -0.1) is 0 Å². The predicted octanol–water partition coefficient (Wildman–Crippen LogP) is 13.3. The van der Waals surface area contributed by atoms with Crippen molar-refractivity contribution in [1.29, 1.82) is 0 Å². The fraction of sp³-hybridized carbons (Fsp3) is 0.231. The van der Waals surface area contributed by atoms with Crippen molar-refractivity contribution in [1.82, 2.24) is 4.57 Å². The SMILES string of the molecule is CCC(C)C1=C(/c2ccccc2)c2ccc3n2CCC(=C(/c2ccccc2)C(C)/C=C\1)/C=C\C(C)=C(/c1ccccc1)C/C=C\C(N)=C\3C1=CC=CCC1. The number of rotatable bonds is 6. The quantitative estimate of drug-likeness (QED) is 0.213. The third-order valence-electron chi connectivity index (χ3n) is 11.4. The van der Waals surface area contributed by atoms with Crippen LogP contribution in [0.3, 0.4) is 0 Å². The van der Waals surface area contributed by atoms with E-state index in [1.807, 2.05) is 0 Å². The van der Waals surface area contributed by atoms with Gasteiger partial charge >= 0.3 is 0 Å². The van der Waals surface area contributed by atoms with Gasteiger partial charge in [-0.05, 0) is 113 Å². The molecule has 0 saturated carbocycles. The summed E-state index contributed by atoms with van der Waals surface area (Å²) in [5, 5.41) is 0. The third kappa shape index (κ3) is 7.85. The molecule has 0 amide bonds. The van der Waals surface area contributed by atoms with E-state index >= 15 is 0 Å². The first kappa shape index (κ1) is 36.7. The molecular formula is C52H54N2. The van der Waals surface area contributed by atoms with Gasteiger partial charge < -0.3 is 10.3 Å². The van der Waals surface area contributed by atoms with Crippen LogP contribution in [0.4, 0.5) is 0 Å². The Hall–Kier alpha value is -5.60. The number of nitrogens with two attached hydrogens (primary N) is 1. The second kappa shape index (κ2) is 17.0. The molecule has 0 radical (unpaired) electrons. The Morgan fingerprint density at radius 2 is 1.37 bits per heavy atom. The number of hydrogen-bond donors (Lipinski definition) is 1. The summed E-state index contributed by atoms with van der Waals surface area (Å²) in [6, 6.07) is 37.6. The zero-order chi connectivity index (χ0) is 37.4. The highest BCUT2D eigenvalue weighted by Crippen LogP contribution is 2.41. The molecule has 54 heavy (non-hydrogen) atoms. The van der Waals surface area contributed by atoms with Crippen molar-refractivity contribution < 1.29 is 0 Å². The lowest BCUT2D eigenvalue weighted by molar-refractivity contribution is 0.665. The molecule has 3 aliphatic rings. The number of aromatic nitrogens is 1. The molecule has 7 rings (SSSR count). The van der Waals surface area contributed by atoms with Crippen molar-refractivity contribution in [2.24, 2.45) is 17.6 Å². The topological polar surface area (TPSA) is 30.9 Å². The van der Waals surface area contributed by atoms with E-state index in [0.717, 1.165) is 49.9 Å². The van der Waals surface area contributed by atoms with Crippen LogP contribution in [0.25, 0.3) is 22.3 Å². The number of benzene rings is 3. The van der Waals surface area contributed by atoms with Crippen LogP contribution < -0.4 is 5.73 Å². The van der Waals surface area contributed by atoms with Crippen molar-refractivity contribution in [2.45, 2.75) is 66.3 Å². The maximum Gasteiger partial charge on any atom is 0.0509 e. The molecule has 0 fully saturated rings. The summed E-state index contributed by atoms with van der Waals surface area (Å²) in [4.78, 5) is 0. The van der Waals surface area contributed by atoms with Crippen LogP contribution in [0.15, 0.2) is 186 Å². The standard InChI is InChI=1S/C52H54N2/c1-5-37(2)46-32-30-39(4)50(41-21-12-7-13-22-41)44-31-29-38(3)45(40-19-10-6-11-20-40)27-18-28-47(53)52(43-25-16-9-17-26-43)49-34-33-48(54(49)36-35-44)51(46)42-23-14-8-15-24-42/h6-16,18-25,28-34,37,39H,5,17,26-27,35-36,53H2,1-4H3/b28-18-,31-29-,32-30-,45-38-,50-44+,51-46-,52-47-. The monoisotopic (exact) mass is 706 g/mol. The van der Waals surface area contributed by atoms with Gasteiger partial charge in [0.1, 0.15) is 0 Å². The Bertz CT molecular complexity index is 2240. The van der Waals surface area contributed by atoms with Crippen molar-refractivity contribution >= 4 is 22.3 Å². The molecule has 2 heteroatoms. The van der Waals surface area contributed by atoms with E-state index in [0.29, 0.717) is 5.92 Å². The molecular weight excluding hydrogens is 653 g/mol. The summed E-state index contributed by atoms with van der Waals surface area (Å²) >= 11 is 0. The third-order valence-corrected chi connectivity index (χ3v) is 11.4. The van der Waals surface area contributed by atoms with E-state index in [1.54, 1.807) is 0 Å². The second-order valence-electron chi connectivity index (χ2n) is 14.9. The lowest BCUT2D eigenvalue weighted by Crippen LogP contribution is -2.13. The maximum atomic E-state index is 7.28. The van der Waals surface area contributed by atoms with Crippen LogP contribution in [0.2, 0.25) is 0 Å². The molecule has 2 nitrogen and oxygen atoms in total. The molecule has 2 bridgehead atoms. The van der Waals surface area contributed by atoms with Crippen LogP contribution in [0, 0.1) is 11.8 Å². The molecule has 2 aliphatic heterocycles. The van der Waals surface area contributed by atoms with Crippen LogP contribution in [-0.2, 0) is 6.54 Å². The molecule has 4 aromatic rings. The lowest BCUT2D eigenvalue weighted by Gasteiger charge is -2.24. The van der Waals surface area contributed by atoms with Gasteiger partial charge in [0.25, 0.3) is 0 Å². The fourth-order valence-electron chi connectivity index (χ4n) is 8.34. The van der Waals surface area contributed by atoms with E-state index in [2.05, 4.69) is 190 Å². The predicted molar refractivity (Wildman–Crippen MR) is 232 cm³/mol. The van der Waals surface area contributed by atoms with Crippen LogP contribution in [0.1, 0.15) is 87.9 Å². The van der Waals surface area contributed by atoms with E-state index in [4.69, 9.17) is 5.73 Å². The number of nitrogens with zero attached hydrogens (tertiary/aromatic N) is 1. The molecule has 0 spiro atoms. The minimum Gasteiger partial charge on any atom is -0.398 e. The number of allylic oxidation sites excluding steroid dienone is 16. The molecule has 2 atom stereocenters. The molecule has 2 N–H and O–H groups in total. The smallest absolute Gasteiger partial charge is 0.0509 e. The van der Waals surface area contributed by atoms with Gasteiger partial charge in [0, 0.05) is 35.0 Å². The minimum absolute atomic E-state index is 0.185. The molecule has 1 aliphatic carbocycles. The highest BCUT2D eigenvalue weighted by atomic mass is 15.0. The average Bonchev–Trinajstić information content (AvgIpc) is 3.61. The normalized spacial score (nSPS) is 26.0. The number of hydrogen-bond acceptors (Lipinski definition) is 1. The minimum atomic E-state index is 0.185. The fourth-order valence-corrected chi connectivity index (χ4v) is 8.34. The molecule has 1 aromatic heterocycles. The Kier molecular flexibility index (Phi) is 11.6. The molecule has 2 unspecified atom stereocenters. The summed E-state index contributed by atoms with van der Waals surface area (Å²) in [6.45, 7) is 10.1. The number of fused-ring (bicyclic) bond motifs is 2. The first-order chi connectivity index (χ1) is 26.4. The Labute approximate surface area is 323 Å². The van der Waals surface area contributed by atoms with Crippen LogP contribution >= 0.6 is 0 Å². The molecule has 3 heterocycles. The molecule has 0 saturated heterocycles. The Balaban J connectivity index is 1.58. The van der Waals surface area contributed by atoms with E-state index in [9.17, 15) is 0 Å². The van der Waals surface area contributed by atoms with Crippen molar-refractivity contribution in [3.05, 3.63) is 214 Å². The second-order valence-corrected chi connectivity index (χ2v) is 14.9. The van der Waals surface area contributed by atoms with E-state index in [-0.39, 0.29) is 5.92 Å². The van der Waals surface area contributed by atoms with Gasteiger partial charge in [-0.1, -0.05) is 160 Å². The van der Waals surface area contributed by atoms with Crippen LogP contribution in [0.5, 0.6) is 0 Å². The van der Waals surface area contributed by atoms with E-state index < -0.39 is 0 Å². The maximum absolute atomic E-state index is 7.28. The largest absolute Gasteiger partial charge is 0.398 e. The Morgan fingerprint density at radius 3 is 2.02 bits per heavy atom. The highest BCUT2D eigenvalue weighted by molar-refractivity contribution is 5.88. The average molecular weight is 707 g/mol. The summed E-state index contributed by atoms with van der Waals surface area (Å²) in [7, 11) is 0. The van der Waals surface area contributed by atoms with Gasteiger partial charge in [0.15, 0.2) is 0 Å². The van der Waals surface area contributed by atoms with Gasteiger partial charge in [-0.3, -0.25) is 0 Å². The highest BCUT2D eigenvalue weighted by Gasteiger charge is 2.25. The molecule has 3 aromatic carbocycles. The Morgan fingerprint density at radius 1 is 0.722 bits per heavy atom. The van der Waals surface area contributed by atoms with Crippen LogP contribution in [-0.4, -0.2) is 4.57 Å². The van der Waals surface area contributed by atoms with Gasteiger partial charge in [-0.25, -0.2) is 0 Å². The summed E-state index contributed by atoms with van der Waals surface area (Å²) in [6.07, 6.45) is 25.5.